The second-order valence-electron chi connectivity index (χ2n) is 53.2. The summed E-state index contributed by atoms with van der Waals surface area (Å²) in [5.74, 6) is 0. The summed E-state index contributed by atoms with van der Waals surface area (Å²) < 4.78 is 79.2. The lowest BCUT2D eigenvalue weighted by molar-refractivity contribution is 0.395. The first-order valence-corrected chi connectivity index (χ1v) is 130. The maximum absolute atomic E-state index is 6.68. The standard InChI is InChI=1S/C16H22OSi2.C12H20OSi2.C11H20OSi2.C10H18OSi2.C8H24O2Si3.2C8H22OSi2.C8H18OSi2.C8H14OSi2.C7H18OSi2.C7H16OSi2.C6H18OSi2/c1-18(2,15-11-7-5-8-12-15)17-19(3,4)16-13-9-6-10-14-16;1-6-14(2,3)13-15(4,5)12-10-8-7-9-11-12;1-13(2,3)12-14(4,5)11-9-7-6-8-10-11;1-7-12(5,8-2)11-13(6,9-3)10-4;1-11(2,3)9-13(7,8)10-12(4,5)6;1-7-8-11(5,6)9-10(2,3)4;3*1-7-10(3,4)9-11(5,6)8-2;2*1-7-10(5,6)8-9(2,3)4;1-8(2,3)7-9(4,5)6/h5-14H,1-4H3;6-11H,1H2,2-5H3;6-10H,1-5H3;7-10H,1-4H2,5-6H3;1-8H3;2*7-8H2,1-6H3;7-8H,1-2H2,3-6H3;1-2H,3-6H3;7H,1H2,2-6H3;1H,2-6H3;1-6H3. The number of hydrogen-bond acceptors (Lipinski definition) is 13. The summed E-state index contributed by atoms with van der Waals surface area (Å²) in [6.45, 7) is 160. The van der Waals surface area contributed by atoms with E-state index in [1.165, 1.54) is 45.3 Å². The molecule has 4 aromatic rings. The fourth-order valence-corrected chi connectivity index (χ4v) is 102. The summed E-state index contributed by atoms with van der Waals surface area (Å²) in [5.41, 5.74) is 23.5. The fraction of sp³-hybridized carbons (Fsp3) is 0.578. The highest BCUT2D eigenvalue weighted by atomic mass is 28.5. The van der Waals surface area contributed by atoms with Crippen LogP contribution in [0.3, 0.4) is 0 Å². The van der Waals surface area contributed by atoms with Crippen LogP contribution < -0.4 is 20.7 Å². The van der Waals surface area contributed by atoms with Crippen molar-refractivity contribution < 1.29 is 53.5 Å². The molecule has 0 unspecified atom stereocenters. The largest absolute Gasteiger partial charge is 0.456 e. The van der Waals surface area contributed by atoms with Crippen LogP contribution in [0.25, 0.3) is 0 Å². The van der Waals surface area contributed by atoms with Gasteiger partial charge in [-0.05, 0) is 406 Å². The van der Waals surface area contributed by atoms with Gasteiger partial charge in [-0.3, -0.25) is 0 Å². The lowest BCUT2D eigenvalue weighted by atomic mass is 10.4. The van der Waals surface area contributed by atoms with Crippen LogP contribution in [0.5, 0.6) is 0 Å². The van der Waals surface area contributed by atoms with E-state index in [9.17, 15) is 0 Å². The summed E-state index contributed by atoms with van der Waals surface area (Å²) in [7, 11) is -39.1. The van der Waals surface area contributed by atoms with Gasteiger partial charge in [0.2, 0.25) is 49.9 Å². The van der Waals surface area contributed by atoms with Crippen molar-refractivity contribution in [1.82, 2.24) is 0 Å². The molecule has 0 amide bonds. The van der Waals surface area contributed by atoms with E-state index in [2.05, 4.69) is 546 Å². The van der Waals surface area contributed by atoms with Crippen LogP contribution in [-0.4, -0.2) is 208 Å². The summed E-state index contributed by atoms with van der Waals surface area (Å²) >= 11 is 0. The van der Waals surface area contributed by atoms with Gasteiger partial charge in [0.05, 0.1) is 0 Å². The van der Waals surface area contributed by atoms with E-state index in [1.807, 2.05) is 77.8 Å². The van der Waals surface area contributed by atoms with Crippen LogP contribution in [0.2, 0.25) is 385 Å². The number of rotatable bonds is 42. The third kappa shape index (κ3) is 95.2. The van der Waals surface area contributed by atoms with Gasteiger partial charge in [-0.15, -0.1) is 88.5 Å². The molecule has 0 aliphatic rings. The van der Waals surface area contributed by atoms with E-state index in [-0.39, 0.29) is 0 Å². The highest BCUT2D eigenvalue weighted by molar-refractivity contribution is 6.99. The molecule has 0 spiro atoms. The minimum Gasteiger partial charge on any atom is -0.456 e. The van der Waals surface area contributed by atoms with Gasteiger partial charge < -0.3 is 53.5 Å². The quantitative estimate of drug-likeness (QED) is 0.0310. The molecule has 0 aliphatic carbocycles. The molecule has 0 saturated carbocycles. The zero-order chi connectivity index (χ0) is 119. The zero-order valence-electron chi connectivity index (χ0n) is 107. The Kier molecular flexibility index (Phi) is 74.7. The van der Waals surface area contributed by atoms with Gasteiger partial charge in [-0.25, -0.2) is 0 Å². The molecular weight excluding hydrogens is 2220 g/mol. The maximum atomic E-state index is 6.68. The molecule has 147 heavy (non-hydrogen) atoms. The van der Waals surface area contributed by atoms with Crippen LogP contribution in [0.15, 0.2) is 220 Å². The van der Waals surface area contributed by atoms with E-state index < -0.39 is 208 Å². The Bertz CT molecular complexity index is 4310. The molecule has 13 nitrogen and oxygen atoms in total. The molecule has 0 atom stereocenters. The monoisotopic (exact) mass is 2450 g/mol. The smallest absolute Gasteiger partial charge is 0.311 e. The van der Waals surface area contributed by atoms with E-state index in [0.717, 1.165) is 0 Å². The lowest BCUT2D eigenvalue weighted by Gasteiger charge is -2.35. The predicted octanol–water partition coefficient (Wildman–Crippen LogP) is 34.9. The fourth-order valence-electron chi connectivity index (χ4n) is 14.4. The van der Waals surface area contributed by atoms with Gasteiger partial charge in [0.1, 0.15) is 0 Å². The number of benzene rings is 4. The Hall–Kier alpha value is -1.62. The molecule has 38 heteroatoms. The minimum atomic E-state index is -1.93. The number of terminal acetylenes is 3. The summed E-state index contributed by atoms with van der Waals surface area (Å²) in [6.07, 6.45) is 17.2. The molecule has 0 fully saturated rings. The minimum absolute atomic E-state index is 1.23. The molecule has 0 bridgehead atoms. The first-order chi connectivity index (χ1) is 65.0. The number of hydrogen-bond donors (Lipinski definition) is 0. The predicted molar refractivity (Wildman–Crippen MR) is 735 cm³/mol. The highest BCUT2D eigenvalue weighted by Crippen LogP contribution is 2.27. The van der Waals surface area contributed by atoms with Crippen LogP contribution in [0, 0.1) is 35.9 Å². The molecule has 0 aliphatic heterocycles. The maximum Gasteiger partial charge on any atom is 0.311 e. The molecule has 0 radical (unpaired) electrons. The van der Waals surface area contributed by atoms with E-state index >= 15 is 0 Å². The summed E-state index contributed by atoms with van der Waals surface area (Å²) in [4.78, 5) is 0. The van der Waals surface area contributed by atoms with Gasteiger partial charge in [-0.2, -0.15) is 0 Å². The molecule has 4 aromatic carbocycles. The topological polar surface area (TPSA) is 120 Å². The van der Waals surface area contributed by atoms with Gasteiger partial charge in [0.25, 0.3) is 25.0 Å². The van der Waals surface area contributed by atoms with Crippen molar-refractivity contribution in [2.45, 2.75) is 412 Å². The average molecular weight is 2450 g/mol. The van der Waals surface area contributed by atoms with Crippen molar-refractivity contribution >= 4 is 229 Å². The first-order valence-electron chi connectivity index (χ1n) is 52.8. The summed E-state index contributed by atoms with van der Waals surface area (Å²) in [5, 5.41) is 5.48. The molecular formula is C109H232O13Si25. The Morgan fingerprint density at radius 1 is 0.204 bits per heavy atom. The Labute approximate surface area is 940 Å². The highest BCUT2D eigenvalue weighted by Gasteiger charge is 2.41. The first kappa shape index (κ1) is 161. The Morgan fingerprint density at radius 3 is 0.585 bits per heavy atom. The van der Waals surface area contributed by atoms with Crippen LogP contribution in [-0.2, 0) is 53.5 Å². The van der Waals surface area contributed by atoms with Crippen LogP contribution in [0.1, 0.15) is 27.2 Å². The van der Waals surface area contributed by atoms with Gasteiger partial charge >= 0.3 is 8.56 Å². The molecule has 0 N–H and O–H groups in total. The lowest BCUT2D eigenvalue weighted by Crippen LogP contribution is -2.57. The average Bonchev–Trinajstić information content (AvgIpc) is 0.801. The third-order valence-corrected chi connectivity index (χ3v) is 97.8. The van der Waals surface area contributed by atoms with E-state index in [1.54, 1.807) is 0 Å². The second kappa shape index (κ2) is 68.4. The van der Waals surface area contributed by atoms with Crippen molar-refractivity contribution in [3.05, 3.63) is 220 Å². The van der Waals surface area contributed by atoms with E-state index in [4.69, 9.17) is 72.8 Å². The van der Waals surface area contributed by atoms with Crippen LogP contribution >= 0.6 is 0 Å². The zero-order valence-corrected chi connectivity index (χ0v) is 132. The van der Waals surface area contributed by atoms with Crippen molar-refractivity contribution in [3.8, 4) is 35.9 Å². The van der Waals surface area contributed by atoms with Gasteiger partial charge in [0, 0.05) is 0 Å². The van der Waals surface area contributed by atoms with Gasteiger partial charge in [0.15, 0.2) is 125 Å². The Morgan fingerprint density at radius 2 is 0.408 bits per heavy atom. The molecule has 0 heterocycles. The SMILES string of the molecule is C#C[Si](C)(C)O[Si](C)(C)C.C#C[Si](C)(C)O[Si](C)(C)C#C.C=C[Si](C)(C)O[Si](C)(C)C.C=C[Si](C)(C)O[Si](C)(C)C=C.C=C[Si](C)(C)O[Si](C)(C)c1ccccc1.C=C[Si](C)(C=C)O[Si](C)(C=C)C=C.CCC[Si](C)(C)O[Si](C)(C)C.CC[Si](C)(C)O[Si](C)(C)CC.C[Si](C)(C)O[Si](C)(C)C.C[Si](C)(C)O[Si](C)(C)O[Si](C)(C)C.C[Si](C)(C)O[Si](C)(C)c1ccccc1.C[Si](C)(O[Si](C)(C)c1ccccc1)c1ccccc1. The van der Waals surface area contributed by atoms with Crippen molar-refractivity contribution in [2.75, 3.05) is 0 Å². The van der Waals surface area contributed by atoms with Crippen molar-refractivity contribution in [1.29, 1.82) is 0 Å². The molecule has 846 valence electrons. The van der Waals surface area contributed by atoms with Crippen molar-refractivity contribution in [3.63, 3.8) is 0 Å². The molecule has 0 saturated heterocycles. The molecule has 0 aromatic heterocycles. The Balaban J connectivity index is -0.000000240. The summed E-state index contributed by atoms with van der Waals surface area (Å²) in [6, 6.07) is 46.3. The van der Waals surface area contributed by atoms with Gasteiger partial charge in [-0.1, -0.05) is 194 Å². The van der Waals surface area contributed by atoms with E-state index in [0.29, 0.717) is 0 Å². The third-order valence-electron chi connectivity index (χ3n) is 20.1. The van der Waals surface area contributed by atoms with Crippen LogP contribution in [0.4, 0.5) is 0 Å². The molecule has 4 rings (SSSR count). The normalized spacial score (nSPS) is 13.0. The second-order valence-corrected chi connectivity index (χ2v) is 158. The van der Waals surface area contributed by atoms with Crippen molar-refractivity contribution in [2.24, 2.45) is 0 Å².